The van der Waals surface area contributed by atoms with Gasteiger partial charge in [-0.1, -0.05) is 0 Å². The minimum Gasteiger partial charge on any atom is -0.477 e. The van der Waals surface area contributed by atoms with E-state index >= 15 is 0 Å². The van der Waals surface area contributed by atoms with Gasteiger partial charge in [0, 0.05) is 34.6 Å². The molecule has 0 unspecified atom stereocenters. The number of Topliss-reactive ketones (excluding diaryl/α,β-unsaturated/α-hetero) is 1. The molecule has 3 N–H and O–H groups in total. The van der Waals surface area contributed by atoms with E-state index in [1.165, 1.54) is 6.92 Å². The van der Waals surface area contributed by atoms with Crippen molar-refractivity contribution in [2.24, 2.45) is 0 Å². The van der Waals surface area contributed by atoms with Crippen LogP contribution >= 0.6 is 0 Å². The minimum absolute atomic E-state index is 0.0248. The summed E-state index contributed by atoms with van der Waals surface area (Å²) in [4.78, 5) is 40.1. The highest BCUT2D eigenvalue weighted by molar-refractivity contribution is 6.00. The Morgan fingerprint density at radius 1 is 1.09 bits per heavy atom. The summed E-state index contributed by atoms with van der Waals surface area (Å²) in [5, 5.41) is 9.20. The summed E-state index contributed by atoms with van der Waals surface area (Å²) in [5.41, 5.74) is 4.37. The van der Waals surface area contributed by atoms with Crippen LogP contribution in [0.5, 0.6) is 0 Å². The fraction of sp³-hybridized carbons (Fsp3) is 0.312. The molecule has 2 heterocycles. The van der Waals surface area contributed by atoms with Gasteiger partial charge >= 0.3 is 5.97 Å². The lowest BCUT2D eigenvalue weighted by Crippen LogP contribution is -2.01. The number of nitrogens with one attached hydrogen (secondary N) is 2. The zero-order valence-electron chi connectivity index (χ0n) is 13.0. The molecule has 0 atom stereocenters. The van der Waals surface area contributed by atoms with Crippen molar-refractivity contribution >= 4 is 18.0 Å². The van der Waals surface area contributed by atoms with E-state index in [-0.39, 0.29) is 11.5 Å². The van der Waals surface area contributed by atoms with Crippen molar-refractivity contribution in [3.05, 3.63) is 45.0 Å². The normalized spacial score (nSPS) is 10.7. The number of carbonyl (C=O) groups is 3. The summed E-state index contributed by atoms with van der Waals surface area (Å²) in [6.45, 7) is 6.65. The number of hydrogen-bond acceptors (Lipinski definition) is 3. The third-order valence-electron chi connectivity index (χ3n) is 3.96. The lowest BCUT2D eigenvalue weighted by molar-refractivity contribution is 0.0690. The first-order chi connectivity index (χ1) is 10.3. The SMILES string of the molecule is CC(=O)c1c(Cc2[nH]c(C)c(C=O)c2C)[nH]c(C(=O)O)c1C. The number of rotatable bonds is 5. The number of aryl methyl sites for hydroxylation is 1. The highest BCUT2D eigenvalue weighted by Crippen LogP contribution is 2.24. The van der Waals surface area contributed by atoms with Gasteiger partial charge in [-0.15, -0.1) is 0 Å². The van der Waals surface area contributed by atoms with E-state index in [0.717, 1.165) is 23.2 Å². The van der Waals surface area contributed by atoms with Crippen LogP contribution < -0.4 is 0 Å². The fourth-order valence-electron chi connectivity index (χ4n) is 2.84. The molecule has 0 fully saturated rings. The van der Waals surface area contributed by atoms with Gasteiger partial charge in [0.05, 0.1) is 0 Å². The Kier molecular flexibility index (Phi) is 4.03. The highest BCUT2D eigenvalue weighted by atomic mass is 16.4. The molecular formula is C16H18N2O4. The average molecular weight is 302 g/mol. The number of carbonyl (C=O) groups excluding carboxylic acids is 2. The second-order valence-electron chi connectivity index (χ2n) is 5.40. The molecule has 22 heavy (non-hydrogen) atoms. The Bertz CT molecular complexity index is 781. The number of hydrogen-bond donors (Lipinski definition) is 3. The zero-order valence-corrected chi connectivity index (χ0v) is 13.0. The smallest absolute Gasteiger partial charge is 0.352 e. The van der Waals surface area contributed by atoms with Crippen LogP contribution in [0.25, 0.3) is 0 Å². The molecule has 2 rings (SSSR count). The maximum Gasteiger partial charge on any atom is 0.352 e. The molecule has 0 amide bonds. The molecule has 0 radical (unpaired) electrons. The Balaban J connectivity index is 2.54. The molecule has 0 bridgehead atoms. The van der Waals surface area contributed by atoms with Crippen molar-refractivity contribution < 1.29 is 19.5 Å². The molecule has 6 heteroatoms. The summed E-state index contributed by atoms with van der Waals surface area (Å²) in [6.07, 6.45) is 1.13. The average Bonchev–Trinajstić information content (AvgIpc) is 2.88. The first-order valence-electron chi connectivity index (χ1n) is 6.86. The molecule has 0 aliphatic carbocycles. The van der Waals surface area contributed by atoms with Crippen LogP contribution in [0.1, 0.15) is 66.3 Å². The van der Waals surface area contributed by atoms with Crippen LogP contribution in [0, 0.1) is 20.8 Å². The van der Waals surface area contributed by atoms with Crippen molar-refractivity contribution in [3.63, 3.8) is 0 Å². The van der Waals surface area contributed by atoms with Gasteiger partial charge < -0.3 is 15.1 Å². The summed E-state index contributed by atoms with van der Waals surface area (Å²) in [5.74, 6) is -1.29. The Hall–Kier alpha value is -2.63. The van der Waals surface area contributed by atoms with Crippen molar-refractivity contribution in [3.8, 4) is 0 Å². The van der Waals surface area contributed by atoms with Gasteiger partial charge in [0.15, 0.2) is 12.1 Å². The first kappa shape index (κ1) is 15.8. The summed E-state index contributed by atoms with van der Waals surface area (Å²) in [7, 11) is 0. The number of aromatic nitrogens is 2. The molecular weight excluding hydrogens is 284 g/mol. The Morgan fingerprint density at radius 2 is 1.73 bits per heavy atom. The summed E-state index contributed by atoms with van der Waals surface area (Å²) >= 11 is 0. The minimum atomic E-state index is -1.10. The Labute approximate surface area is 127 Å². The van der Waals surface area contributed by atoms with Crippen LogP contribution in [0.4, 0.5) is 0 Å². The monoisotopic (exact) mass is 302 g/mol. The van der Waals surface area contributed by atoms with Gasteiger partial charge in [-0.05, 0) is 38.8 Å². The molecule has 0 saturated heterocycles. The fourth-order valence-corrected chi connectivity index (χ4v) is 2.84. The molecule has 0 aliphatic heterocycles. The van der Waals surface area contributed by atoms with Crippen LogP contribution in [0.2, 0.25) is 0 Å². The molecule has 2 aromatic heterocycles. The quantitative estimate of drug-likeness (QED) is 0.583. The number of carboxylic acid groups (broad SMARTS) is 1. The van der Waals surface area contributed by atoms with Crippen LogP contribution in [-0.2, 0) is 6.42 Å². The Morgan fingerprint density at radius 3 is 2.18 bits per heavy atom. The predicted molar refractivity (Wildman–Crippen MR) is 81.0 cm³/mol. The second-order valence-corrected chi connectivity index (χ2v) is 5.40. The number of aromatic amines is 2. The second kappa shape index (κ2) is 5.63. The molecule has 0 aromatic carbocycles. The van der Waals surface area contributed by atoms with Gasteiger partial charge in [0.25, 0.3) is 0 Å². The van der Waals surface area contributed by atoms with E-state index in [2.05, 4.69) is 9.97 Å². The number of aldehydes is 1. The predicted octanol–water partition coefficient (Wildman–Crippen LogP) is 2.57. The number of carboxylic acids is 1. The molecule has 0 saturated carbocycles. The van der Waals surface area contributed by atoms with Crippen LogP contribution in [-0.4, -0.2) is 33.1 Å². The summed E-state index contributed by atoms with van der Waals surface area (Å²) in [6, 6.07) is 0. The highest BCUT2D eigenvalue weighted by Gasteiger charge is 2.22. The van der Waals surface area contributed by atoms with Gasteiger partial charge in [-0.2, -0.15) is 0 Å². The van der Waals surface area contributed by atoms with Crippen molar-refractivity contribution in [2.45, 2.75) is 34.1 Å². The first-order valence-corrected chi connectivity index (χ1v) is 6.86. The van der Waals surface area contributed by atoms with Crippen molar-refractivity contribution in [1.29, 1.82) is 0 Å². The maximum atomic E-state index is 11.8. The maximum absolute atomic E-state index is 11.8. The van der Waals surface area contributed by atoms with Crippen molar-refractivity contribution in [2.75, 3.05) is 0 Å². The van der Waals surface area contributed by atoms with E-state index in [0.29, 0.717) is 28.8 Å². The van der Waals surface area contributed by atoms with E-state index in [4.69, 9.17) is 0 Å². The number of aromatic carboxylic acids is 1. The van der Waals surface area contributed by atoms with E-state index in [9.17, 15) is 19.5 Å². The van der Waals surface area contributed by atoms with Gasteiger partial charge in [0.2, 0.25) is 0 Å². The van der Waals surface area contributed by atoms with Crippen LogP contribution in [0.3, 0.4) is 0 Å². The van der Waals surface area contributed by atoms with Crippen molar-refractivity contribution in [1.82, 2.24) is 9.97 Å². The lowest BCUT2D eigenvalue weighted by Gasteiger charge is -2.02. The molecule has 116 valence electrons. The van der Waals surface area contributed by atoms with E-state index in [1.807, 2.05) is 6.92 Å². The van der Waals surface area contributed by atoms with E-state index < -0.39 is 5.97 Å². The van der Waals surface area contributed by atoms with Crippen LogP contribution in [0.15, 0.2) is 0 Å². The molecule has 0 aliphatic rings. The summed E-state index contributed by atoms with van der Waals surface area (Å²) < 4.78 is 0. The van der Waals surface area contributed by atoms with Gasteiger partial charge in [0.1, 0.15) is 5.69 Å². The zero-order chi connectivity index (χ0) is 16.6. The standard InChI is InChI=1S/C16H18N2O4/c1-7-11(6-19)9(3)17-12(7)5-13-14(10(4)20)8(2)15(18-13)16(21)22/h6,17-18H,5H2,1-4H3,(H,21,22). The van der Waals surface area contributed by atoms with E-state index in [1.54, 1.807) is 13.8 Å². The molecule has 0 spiro atoms. The van der Waals surface area contributed by atoms with Gasteiger partial charge in [-0.25, -0.2) is 4.79 Å². The number of H-pyrrole nitrogens is 2. The molecule has 6 nitrogen and oxygen atoms in total. The largest absolute Gasteiger partial charge is 0.477 e. The lowest BCUT2D eigenvalue weighted by atomic mass is 10.0. The number of ketones is 1. The van der Waals surface area contributed by atoms with Gasteiger partial charge in [-0.3, -0.25) is 9.59 Å². The third-order valence-corrected chi connectivity index (χ3v) is 3.96. The topological polar surface area (TPSA) is 103 Å². The third kappa shape index (κ3) is 2.47. The molecule has 2 aromatic rings.